The topological polar surface area (TPSA) is 3.24 Å². The Hall–Kier alpha value is 0.01000. The summed E-state index contributed by atoms with van der Waals surface area (Å²) in [7, 11) is 0. The Morgan fingerprint density at radius 1 is 1.20 bits per heavy atom. The van der Waals surface area contributed by atoms with Crippen molar-refractivity contribution in [3.05, 3.63) is 34.3 Å². The molecule has 0 atom stereocenters. The van der Waals surface area contributed by atoms with Crippen LogP contribution in [0.5, 0.6) is 0 Å². The molecule has 82 valence electrons. The van der Waals surface area contributed by atoms with Gasteiger partial charge in [0.1, 0.15) is 0 Å². The van der Waals surface area contributed by atoms with E-state index in [0.29, 0.717) is 0 Å². The maximum absolute atomic E-state index is 3.61. The third kappa shape index (κ3) is 3.51. The van der Waals surface area contributed by atoms with Crippen molar-refractivity contribution in [1.29, 1.82) is 0 Å². The average molecular weight is 286 g/mol. The molecule has 0 N–H and O–H groups in total. The van der Waals surface area contributed by atoms with Crippen molar-refractivity contribution in [1.82, 2.24) is 4.90 Å². The van der Waals surface area contributed by atoms with Gasteiger partial charge in [0, 0.05) is 23.3 Å². The SMILES string of the molecule is Brc1ccccc1CN1CCCSCC1. The van der Waals surface area contributed by atoms with E-state index in [9.17, 15) is 0 Å². The van der Waals surface area contributed by atoms with Crippen LogP contribution in [0.4, 0.5) is 0 Å². The number of benzene rings is 1. The molecule has 0 bridgehead atoms. The number of nitrogens with zero attached hydrogens (tertiary/aromatic N) is 1. The van der Waals surface area contributed by atoms with E-state index >= 15 is 0 Å². The molecule has 0 radical (unpaired) electrons. The summed E-state index contributed by atoms with van der Waals surface area (Å²) in [6, 6.07) is 8.53. The molecule has 1 aromatic carbocycles. The molecule has 1 heterocycles. The predicted molar refractivity (Wildman–Crippen MR) is 71.4 cm³/mol. The summed E-state index contributed by atoms with van der Waals surface area (Å²) in [5.74, 6) is 2.61. The Kier molecular flexibility index (Phi) is 4.54. The summed E-state index contributed by atoms with van der Waals surface area (Å²) in [6.07, 6.45) is 1.33. The second kappa shape index (κ2) is 5.92. The van der Waals surface area contributed by atoms with E-state index in [-0.39, 0.29) is 0 Å². The standard InChI is InChI=1S/C12H16BrNS/c13-12-5-2-1-4-11(12)10-14-6-3-8-15-9-7-14/h1-2,4-5H,3,6-10H2. The van der Waals surface area contributed by atoms with Crippen LogP contribution in [-0.4, -0.2) is 29.5 Å². The largest absolute Gasteiger partial charge is 0.298 e. The van der Waals surface area contributed by atoms with Crippen LogP contribution >= 0.6 is 27.7 Å². The minimum Gasteiger partial charge on any atom is -0.298 e. The van der Waals surface area contributed by atoms with Crippen molar-refractivity contribution < 1.29 is 0 Å². The van der Waals surface area contributed by atoms with Gasteiger partial charge in [-0.1, -0.05) is 34.1 Å². The van der Waals surface area contributed by atoms with Crippen LogP contribution in [-0.2, 0) is 6.54 Å². The van der Waals surface area contributed by atoms with Crippen LogP contribution in [0, 0.1) is 0 Å². The molecular formula is C12H16BrNS. The molecule has 1 aliphatic heterocycles. The highest BCUT2D eigenvalue weighted by Gasteiger charge is 2.10. The molecule has 0 amide bonds. The molecule has 0 saturated carbocycles. The third-order valence-corrected chi connectivity index (χ3v) is 4.49. The summed E-state index contributed by atoms with van der Waals surface area (Å²) in [4.78, 5) is 2.56. The Balaban J connectivity index is 1.98. The van der Waals surface area contributed by atoms with E-state index in [1.165, 1.54) is 41.1 Å². The molecule has 1 saturated heterocycles. The minimum atomic E-state index is 1.09. The smallest absolute Gasteiger partial charge is 0.0245 e. The van der Waals surface area contributed by atoms with Crippen molar-refractivity contribution in [2.75, 3.05) is 24.6 Å². The lowest BCUT2D eigenvalue weighted by molar-refractivity contribution is 0.287. The van der Waals surface area contributed by atoms with Crippen molar-refractivity contribution in [2.24, 2.45) is 0 Å². The zero-order chi connectivity index (χ0) is 10.5. The lowest BCUT2D eigenvalue weighted by atomic mass is 10.2. The number of halogens is 1. The molecule has 0 unspecified atom stereocenters. The van der Waals surface area contributed by atoms with Gasteiger partial charge in [0.05, 0.1) is 0 Å². The van der Waals surface area contributed by atoms with Crippen LogP contribution in [0.25, 0.3) is 0 Å². The highest BCUT2D eigenvalue weighted by Crippen LogP contribution is 2.19. The zero-order valence-corrected chi connectivity index (χ0v) is 11.2. The molecular weight excluding hydrogens is 270 g/mol. The van der Waals surface area contributed by atoms with Crippen molar-refractivity contribution >= 4 is 27.7 Å². The first kappa shape index (κ1) is 11.5. The second-order valence-electron chi connectivity index (χ2n) is 3.83. The van der Waals surface area contributed by atoms with Crippen molar-refractivity contribution in [2.45, 2.75) is 13.0 Å². The van der Waals surface area contributed by atoms with Crippen LogP contribution < -0.4 is 0 Å². The second-order valence-corrected chi connectivity index (χ2v) is 5.91. The van der Waals surface area contributed by atoms with Gasteiger partial charge in [-0.05, 0) is 30.3 Å². The van der Waals surface area contributed by atoms with Gasteiger partial charge >= 0.3 is 0 Å². The lowest BCUT2D eigenvalue weighted by Crippen LogP contribution is -2.25. The molecule has 2 rings (SSSR count). The van der Waals surface area contributed by atoms with E-state index in [2.05, 4.69) is 56.9 Å². The molecule has 3 heteroatoms. The highest BCUT2D eigenvalue weighted by atomic mass is 79.9. The Morgan fingerprint density at radius 3 is 2.93 bits per heavy atom. The van der Waals surface area contributed by atoms with Crippen LogP contribution in [0.2, 0.25) is 0 Å². The Morgan fingerprint density at radius 2 is 2.07 bits per heavy atom. The first-order valence-corrected chi connectivity index (χ1v) is 7.34. The quantitative estimate of drug-likeness (QED) is 0.820. The maximum Gasteiger partial charge on any atom is 0.0245 e. The summed E-state index contributed by atoms with van der Waals surface area (Å²) >= 11 is 5.69. The fourth-order valence-corrected chi connectivity index (χ4v) is 3.16. The molecule has 0 aromatic heterocycles. The summed E-state index contributed by atoms with van der Waals surface area (Å²) in [6.45, 7) is 3.56. The summed E-state index contributed by atoms with van der Waals surface area (Å²) < 4.78 is 1.24. The van der Waals surface area contributed by atoms with Gasteiger partial charge in [-0.3, -0.25) is 4.90 Å². The van der Waals surface area contributed by atoms with Gasteiger partial charge in [0.15, 0.2) is 0 Å². The van der Waals surface area contributed by atoms with Crippen molar-refractivity contribution in [3.63, 3.8) is 0 Å². The van der Waals surface area contributed by atoms with Gasteiger partial charge in [-0.2, -0.15) is 11.8 Å². The highest BCUT2D eigenvalue weighted by molar-refractivity contribution is 9.10. The third-order valence-electron chi connectivity index (χ3n) is 2.67. The zero-order valence-electron chi connectivity index (χ0n) is 8.79. The molecule has 1 aliphatic rings. The molecule has 1 fully saturated rings. The minimum absolute atomic E-state index is 1.09. The lowest BCUT2D eigenvalue weighted by Gasteiger charge is -2.20. The van der Waals surface area contributed by atoms with Gasteiger partial charge in [0.2, 0.25) is 0 Å². The fraction of sp³-hybridized carbons (Fsp3) is 0.500. The van der Waals surface area contributed by atoms with Gasteiger partial charge < -0.3 is 0 Å². The summed E-state index contributed by atoms with van der Waals surface area (Å²) in [5.41, 5.74) is 1.41. The number of rotatable bonds is 2. The van der Waals surface area contributed by atoms with Crippen LogP contribution in [0.3, 0.4) is 0 Å². The number of hydrogen-bond acceptors (Lipinski definition) is 2. The fourth-order valence-electron chi connectivity index (χ4n) is 1.82. The number of hydrogen-bond donors (Lipinski definition) is 0. The van der Waals surface area contributed by atoms with Gasteiger partial charge in [-0.15, -0.1) is 0 Å². The van der Waals surface area contributed by atoms with E-state index in [1.54, 1.807) is 0 Å². The first-order valence-electron chi connectivity index (χ1n) is 5.40. The maximum atomic E-state index is 3.61. The van der Waals surface area contributed by atoms with Crippen LogP contribution in [0.1, 0.15) is 12.0 Å². The van der Waals surface area contributed by atoms with Crippen LogP contribution in [0.15, 0.2) is 28.7 Å². The summed E-state index contributed by atoms with van der Waals surface area (Å²) in [5, 5.41) is 0. The van der Waals surface area contributed by atoms with E-state index in [1.807, 2.05) is 0 Å². The monoisotopic (exact) mass is 285 g/mol. The molecule has 1 aromatic rings. The Bertz CT molecular complexity index is 308. The van der Waals surface area contributed by atoms with Crippen molar-refractivity contribution in [3.8, 4) is 0 Å². The first-order chi connectivity index (χ1) is 7.36. The average Bonchev–Trinajstić information content (AvgIpc) is 2.50. The normalized spacial score (nSPS) is 18.7. The molecule has 1 nitrogen and oxygen atoms in total. The van der Waals surface area contributed by atoms with E-state index in [0.717, 1.165) is 6.54 Å². The number of thioether (sulfide) groups is 1. The molecule has 0 aliphatic carbocycles. The van der Waals surface area contributed by atoms with Gasteiger partial charge in [0.25, 0.3) is 0 Å². The Labute approximate surface area is 104 Å². The van der Waals surface area contributed by atoms with E-state index in [4.69, 9.17) is 0 Å². The molecule has 0 spiro atoms. The molecule has 15 heavy (non-hydrogen) atoms. The van der Waals surface area contributed by atoms with Gasteiger partial charge in [-0.25, -0.2) is 0 Å². The predicted octanol–water partition coefficient (Wildman–Crippen LogP) is 3.39. The van der Waals surface area contributed by atoms with E-state index < -0.39 is 0 Å².